The summed E-state index contributed by atoms with van der Waals surface area (Å²) in [7, 11) is 0. The fourth-order valence-electron chi connectivity index (χ4n) is 4.55. The van der Waals surface area contributed by atoms with Crippen molar-refractivity contribution >= 4 is 0 Å². The Morgan fingerprint density at radius 2 is 1.32 bits per heavy atom. The molecule has 0 radical (unpaired) electrons. The van der Waals surface area contributed by atoms with Gasteiger partial charge in [-0.2, -0.15) is 5.26 Å². The summed E-state index contributed by atoms with van der Waals surface area (Å²) in [6.07, 6.45) is 22.4. The molecule has 0 aliphatic heterocycles. The second-order valence-electron chi connectivity index (χ2n) is 7.81. The Morgan fingerprint density at radius 3 is 1.82 bits per heavy atom. The summed E-state index contributed by atoms with van der Waals surface area (Å²) in [4.78, 5) is 0. The van der Waals surface area contributed by atoms with Crippen molar-refractivity contribution in [2.45, 2.75) is 90.4 Å². The number of nitrogens with zero attached hydrogens (tertiary/aromatic N) is 1. The molecule has 0 atom stereocenters. The molecule has 22 heavy (non-hydrogen) atoms. The van der Waals surface area contributed by atoms with E-state index < -0.39 is 0 Å². The van der Waals surface area contributed by atoms with Gasteiger partial charge in [-0.25, -0.2) is 0 Å². The van der Waals surface area contributed by atoms with Crippen molar-refractivity contribution in [3.05, 3.63) is 12.2 Å². The summed E-state index contributed by atoms with van der Waals surface area (Å²) < 4.78 is 0. The molecule has 1 heteroatoms. The van der Waals surface area contributed by atoms with Gasteiger partial charge in [-0.15, -0.1) is 0 Å². The van der Waals surface area contributed by atoms with Crippen LogP contribution in [0.5, 0.6) is 0 Å². The van der Waals surface area contributed by atoms with Gasteiger partial charge in [0.15, 0.2) is 0 Å². The van der Waals surface area contributed by atoms with Gasteiger partial charge in [0.2, 0.25) is 0 Å². The highest BCUT2D eigenvalue weighted by atomic mass is 14.3. The van der Waals surface area contributed by atoms with Crippen LogP contribution in [0.15, 0.2) is 12.2 Å². The molecule has 2 fully saturated rings. The molecular formula is C21H35N. The third kappa shape index (κ3) is 6.15. The average Bonchev–Trinajstić information content (AvgIpc) is 2.58. The molecule has 2 aliphatic rings. The molecule has 124 valence electrons. The highest BCUT2D eigenvalue weighted by Crippen LogP contribution is 2.37. The summed E-state index contributed by atoms with van der Waals surface area (Å²) in [5.41, 5.74) is 0. The van der Waals surface area contributed by atoms with E-state index in [1.54, 1.807) is 0 Å². The highest BCUT2D eigenvalue weighted by Gasteiger charge is 2.24. The van der Waals surface area contributed by atoms with Crippen molar-refractivity contribution in [3.8, 4) is 6.07 Å². The zero-order valence-electron chi connectivity index (χ0n) is 14.6. The molecule has 1 nitrogen and oxygen atoms in total. The first-order valence-electron chi connectivity index (χ1n) is 9.82. The van der Waals surface area contributed by atoms with Gasteiger partial charge < -0.3 is 0 Å². The summed E-state index contributed by atoms with van der Waals surface area (Å²) >= 11 is 0. The van der Waals surface area contributed by atoms with E-state index in [1.807, 2.05) is 0 Å². The number of allylic oxidation sites excluding steroid dienone is 2. The molecule has 0 amide bonds. The number of nitriles is 1. The zero-order valence-corrected chi connectivity index (χ0v) is 14.6. The third-order valence-corrected chi connectivity index (χ3v) is 6.20. The number of hydrogen-bond acceptors (Lipinski definition) is 1. The molecule has 0 heterocycles. The van der Waals surface area contributed by atoms with Gasteiger partial charge in [-0.3, -0.25) is 0 Å². The summed E-state index contributed by atoms with van der Waals surface area (Å²) in [6, 6.07) is 2.46. The van der Waals surface area contributed by atoms with Crippen molar-refractivity contribution in [3.63, 3.8) is 0 Å². The number of rotatable bonds is 7. The monoisotopic (exact) mass is 301 g/mol. The van der Waals surface area contributed by atoms with Crippen molar-refractivity contribution in [1.29, 1.82) is 5.26 Å². The van der Waals surface area contributed by atoms with E-state index in [0.29, 0.717) is 5.92 Å². The van der Waals surface area contributed by atoms with Crippen molar-refractivity contribution in [2.75, 3.05) is 0 Å². The van der Waals surface area contributed by atoms with Gasteiger partial charge >= 0.3 is 0 Å². The van der Waals surface area contributed by atoms with E-state index in [-0.39, 0.29) is 0 Å². The van der Waals surface area contributed by atoms with Crippen LogP contribution in [-0.4, -0.2) is 0 Å². The third-order valence-electron chi connectivity index (χ3n) is 6.20. The second kappa shape index (κ2) is 10.1. The Labute approximate surface area is 138 Å². The lowest BCUT2D eigenvalue weighted by Crippen LogP contribution is -2.17. The van der Waals surface area contributed by atoms with E-state index in [1.165, 1.54) is 83.5 Å². The number of unbranched alkanes of at least 4 members (excludes halogenated alkanes) is 1. The topological polar surface area (TPSA) is 23.8 Å². The Kier molecular flexibility index (Phi) is 8.06. The molecule has 0 spiro atoms. The Balaban J connectivity index is 1.53. The van der Waals surface area contributed by atoms with E-state index >= 15 is 0 Å². The predicted octanol–water partition coefficient (Wildman–Crippen LogP) is 6.65. The van der Waals surface area contributed by atoms with Gasteiger partial charge in [-0.1, -0.05) is 57.1 Å². The fourth-order valence-corrected chi connectivity index (χ4v) is 4.55. The van der Waals surface area contributed by atoms with Crippen LogP contribution >= 0.6 is 0 Å². The molecule has 0 unspecified atom stereocenters. The average molecular weight is 302 g/mol. The molecule has 0 aromatic rings. The van der Waals surface area contributed by atoms with E-state index in [4.69, 9.17) is 5.26 Å². The van der Waals surface area contributed by atoms with E-state index in [2.05, 4.69) is 25.1 Å². The van der Waals surface area contributed by atoms with E-state index in [0.717, 1.165) is 17.8 Å². The molecule has 0 N–H and O–H groups in total. The quantitative estimate of drug-likeness (QED) is 0.381. The Morgan fingerprint density at radius 1 is 0.818 bits per heavy atom. The van der Waals surface area contributed by atoms with Crippen LogP contribution in [0.3, 0.4) is 0 Å². The Bertz CT molecular complexity index is 349. The molecule has 0 aromatic heterocycles. The van der Waals surface area contributed by atoms with Crippen molar-refractivity contribution in [2.24, 2.45) is 23.7 Å². The minimum absolute atomic E-state index is 0.370. The largest absolute Gasteiger partial charge is 0.198 e. The van der Waals surface area contributed by atoms with E-state index in [9.17, 15) is 0 Å². The summed E-state index contributed by atoms with van der Waals surface area (Å²) in [6.45, 7) is 2.12. The normalized spacial score (nSPS) is 32.9. The van der Waals surface area contributed by atoms with Crippen molar-refractivity contribution in [1.82, 2.24) is 0 Å². The molecule has 2 rings (SSSR count). The van der Waals surface area contributed by atoms with Gasteiger partial charge in [0.25, 0.3) is 0 Å². The molecule has 2 saturated carbocycles. The van der Waals surface area contributed by atoms with Crippen LogP contribution in [0.4, 0.5) is 0 Å². The van der Waals surface area contributed by atoms with Crippen LogP contribution < -0.4 is 0 Å². The van der Waals surface area contributed by atoms with Crippen LogP contribution in [0.1, 0.15) is 90.4 Å². The van der Waals surface area contributed by atoms with Crippen molar-refractivity contribution < 1.29 is 0 Å². The lowest BCUT2D eigenvalue weighted by atomic mass is 9.75. The first-order chi connectivity index (χ1) is 10.8. The van der Waals surface area contributed by atoms with Crippen LogP contribution in [0.25, 0.3) is 0 Å². The minimum atomic E-state index is 0.370. The molecule has 0 bridgehead atoms. The maximum absolute atomic E-state index is 8.97. The van der Waals surface area contributed by atoms with Gasteiger partial charge in [0, 0.05) is 5.92 Å². The smallest absolute Gasteiger partial charge is 0.0655 e. The molecule has 0 saturated heterocycles. The number of hydrogen-bond donors (Lipinski definition) is 0. The SMILES string of the molecule is C/C=C\CCCC1CCC(CCC2CCC(C#N)CC2)CC1. The maximum Gasteiger partial charge on any atom is 0.0655 e. The first-order valence-corrected chi connectivity index (χ1v) is 9.82. The lowest BCUT2D eigenvalue weighted by Gasteiger charge is -2.31. The minimum Gasteiger partial charge on any atom is -0.198 e. The molecular weight excluding hydrogens is 266 g/mol. The van der Waals surface area contributed by atoms with Gasteiger partial charge in [0.05, 0.1) is 6.07 Å². The Hall–Kier alpha value is -0.770. The lowest BCUT2D eigenvalue weighted by molar-refractivity contribution is 0.221. The van der Waals surface area contributed by atoms with Crippen LogP contribution in [-0.2, 0) is 0 Å². The first kappa shape index (κ1) is 17.6. The summed E-state index contributed by atoms with van der Waals surface area (Å²) in [5.74, 6) is 3.34. The van der Waals surface area contributed by atoms with Gasteiger partial charge in [-0.05, 0) is 63.2 Å². The highest BCUT2D eigenvalue weighted by molar-refractivity contribution is 4.87. The molecule has 2 aliphatic carbocycles. The van der Waals surface area contributed by atoms with Crippen LogP contribution in [0, 0.1) is 35.0 Å². The molecule has 0 aromatic carbocycles. The zero-order chi connectivity index (χ0) is 15.6. The standard InChI is InChI=1S/C21H35N/c1-2-3-4-5-6-18-7-9-19(10-8-18)11-12-20-13-15-21(17-22)16-14-20/h2-3,18-21H,4-16H2,1H3/b3-2-. The fraction of sp³-hybridized carbons (Fsp3) is 0.857. The summed E-state index contributed by atoms with van der Waals surface area (Å²) in [5, 5.41) is 8.97. The predicted molar refractivity (Wildman–Crippen MR) is 94.4 cm³/mol. The second-order valence-corrected chi connectivity index (χ2v) is 7.81. The van der Waals surface area contributed by atoms with Gasteiger partial charge in [0.1, 0.15) is 0 Å². The van der Waals surface area contributed by atoms with Crippen LogP contribution in [0.2, 0.25) is 0 Å². The maximum atomic E-state index is 8.97.